The molecule has 12 nitrogen and oxygen atoms in total. The van der Waals surface area contributed by atoms with Gasteiger partial charge in [-0.15, -0.1) is 0 Å². The van der Waals surface area contributed by atoms with Crippen LogP contribution in [0.15, 0.2) is 30.3 Å². The predicted molar refractivity (Wildman–Crippen MR) is 173 cm³/mol. The van der Waals surface area contributed by atoms with Crippen LogP contribution in [-0.4, -0.2) is 96.9 Å². The quantitative estimate of drug-likeness (QED) is 0.136. The zero-order chi connectivity index (χ0) is 35.3. The lowest BCUT2D eigenvalue weighted by molar-refractivity contribution is -0.168. The van der Waals surface area contributed by atoms with E-state index in [9.17, 15) is 19.2 Å². The lowest BCUT2D eigenvalue weighted by Crippen LogP contribution is -2.60. The number of hydrogen-bond donors (Lipinski definition) is 0. The molecule has 266 valence electrons. The van der Waals surface area contributed by atoms with E-state index in [4.69, 9.17) is 33.2 Å². The van der Waals surface area contributed by atoms with Crippen LogP contribution in [0.5, 0.6) is 0 Å². The van der Waals surface area contributed by atoms with Crippen molar-refractivity contribution in [1.29, 1.82) is 0 Å². The minimum absolute atomic E-state index is 0.00713. The summed E-state index contributed by atoms with van der Waals surface area (Å²) >= 11 is 0. The third kappa shape index (κ3) is 17.0. The summed E-state index contributed by atoms with van der Waals surface area (Å²) in [6.45, 7) is 16.5. The number of carbonyl (C=O) groups is 4. The largest absolute Gasteiger partial charge is 0.460 e. The van der Waals surface area contributed by atoms with E-state index in [1.165, 1.54) is 4.90 Å². The van der Waals surface area contributed by atoms with Gasteiger partial charge in [0.25, 0.3) is 0 Å². The number of piperidine rings is 1. The van der Waals surface area contributed by atoms with Crippen molar-refractivity contribution in [3.8, 4) is 0 Å². The highest BCUT2D eigenvalue weighted by atomic mass is 16.6. The molecule has 0 spiro atoms. The maximum Gasteiger partial charge on any atom is 0.410 e. The average Bonchev–Trinajstić information content (AvgIpc) is 2.92. The molecule has 0 aromatic heterocycles. The highest BCUT2D eigenvalue weighted by Crippen LogP contribution is 2.26. The number of nitrogens with zero attached hydrogens (tertiary/aromatic N) is 1. The number of likely N-dealkylation sites (tertiary alicyclic amines) is 1. The van der Waals surface area contributed by atoms with Crippen LogP contribution >= 0.6 is 0 Å². The molecule has 0 saturated carbocycles. The Balaban J connectivity index is 2.21. The summed E-state index contributed by atoms with van der Waals surface area (Å²) < 4.78 is 40.2. The molecule has 1 aromatic rings. The van der Waals surface area contributed by atoms with Gasteiger partial charge in [-0.2, -0.15) is 0 Å². The van der Waals surface area contributed by atoms with Gasteiger partial charge in [0.2, 0.25) is 0 Å². The van der Waals surface area contributed by atoms with Gasteiger partial charge in [-0.25, -0.2) is 4.79 Å². The summed E-state index contributed by atoms with van der Waals surface area (Å²) in [5, 5.41) is 0. The predicted octanol–water partition coefficient (Wildman–Crippen LogP) is 5.38. The smallest absolute Gasteiger partial charge is 0.410 e. The molecule has 0 aliphatic carbocycles. The second kappa shape index (κ2) is 18.4. The molecule has 3 atom stereocenters. The number of benzene rings is 1. The minimum atomic E-state index is -0.754. The number of carbonyl (C=O) groups excluding carboxylic acids is 4. The number of amides is 1. The average molecular weight is 666 g/mol. The molecule has 0 unspecified atom stereocenters. The topological polar surface area (TPSA) is 136 Å². The highest BCUT2D eigenvalue weighted by molar-refractivity contribution is 5.71. The molecule has 0 N–H and O–H groups in total. The zero-order valence-corrected chi connectivity index (χ0v) is 29.6. The molecule has 2 rings (SSSR count). The molecular formula is C35H55NO11. The van der Waals surface area contributed by atoms with Crippen LogP contribution in [0.3, 0.4) is 0 Å². The van der Waals surface area contributed by atoms with Crippen molar-refractivity contribution in [3.63, 3.8) is 0 Å². The summed E-state index contributed by atoms with van der Waals surface area (Å²) in [5.74, 6) is -1.24. The molecule has 1 aromatic carbocycles. The summed E-state index contributed by atoms with van der Waals surface area (Å²) in [5.41, 5.74) is -1.08. The molecule has 1 aliphatic heterocycles. The fourth-order valence-electron chi connectivity index (χ4n) is 4.74. The first-order valence-electron chi connectivity index (χ1n) is 16.3. The van der Waals surface area contributed by atoms with Crippen molar-refractivity contribution in [2.24, 2.45) is 0 Å². The summed E-state index contributed by atoms with van der Waals surface area (Å²) in [7, 11) is 0. The number of hydrogen-bond acceptors (Lipinski definition) is 11. The zero-order valence-electron chi connectivity index (χ0n) is 29.6. The van der Waals surface area contributed by atoms with Gasteiger partial charge in [0.05, 0.1) is 57.8 Å². The van der Waals surface area contributed by atoms with Crippen LogP contribution in [0.4, 0.5) is 4.79 Å². The second-order valence-corrected chi connectivity index (χ2v) is 14.4. The van der Waals surface area contributed by atoms with E-state index in [1.54, 1.807) is 62.3 Å². The lowest BCUT2D eigenvalue weighted by atomic mass is 9.96. The second-order valence-electron chi connectivity index (χ2n) is 14.4. The van der Waals surface area contributed by atoms with E-state index in [0.717, 1.165) is 5.56 Å². The van der Waals surface area contributed by atoms with Gasteiger partial charge < -0.3 is 38.1 Å². The molecule has 1 fully saturated rings. The normalized spacial score (nSPS) is 18.7. The van der Waals surface area contributed by atoms with Gasteiger partial charge in [0.15, 0.2) is 0 Å². The van der Waals surface area contributed by atoms with Crippen LogP contribution < -0.4 is 0 Å². The molecule has 1 heterocycles. The first-order valence-corrected chi connectivity index (χ1v) is 16.3. The Morgan fingerprint density at radius 2 is 1.19 bits per heavy atom. The van der Waals surface area contributed by atoms with Crippen molar-refractivity contribution in [1.82, 2.24) is 4.90 Å². The molecule has 1 amide bonds. The van der Waals surface area contributed by atoms with Crippen molar-refractivity contribution in [2.75, 3.05) is 33.0 Å². The first kappa shape index (κ1) is 40.0. The monoisotopic (exact) mass is 665 g/mol. The third-order valence-corrected chi connectivity index (χ3v) is 6.49. The van der Waals surface area contributed by atoms with Crippen LogP contribution in [0.2, 0.25) is 0 Å². The van der Waals surface area contributed by atoms with Crippen molar-refractivity contribution >= 4 is 24.0 Å². The Hall–Kier alpha value is -3.22. The molecule has 12 heteroatoms. The van der Waals surface area contributed by atoms with Crippen LogP contribution in [-0.2, 0) is 54.1 Å². The minimum Gasteiger partial charge on any atom is -0.460 e. The van der Waals surface area contributed by atoms with Crippen molar-refractivity contribution < 1.29 is 52.3 Å². The Morgan fingerprint density at radius 3 is 1.70 bits per heavy atom. The van der Waals surface area contributed by atoms with E-state index in [-0.39, 0.29) is 58.8 Å². The van der Waals surface area contributed by atoms with Gasteiger partial charge in [0, 0.05) is 6.54 Å². The Bertz CT molecular complexity index is 1130. The van der Waals surface area contributed by atoms with E-state index < -0.39 is 59.1 Å². The Kier molecular flexibility index (Phi) is 15.6. The molecule has 47 heavy (non-hydrogen) atoms. The van der Waals surface area contributed by atoms with E-state index in [1.807, 2.05) is 30.3 Å². The van der Waals surface area contributed by atoms with Gasteiger partial charge in [-0.1, -0.05) is 30.3 Å². The van der Waals surface area contributed by atoms with Gasteiger partial charge >= 0.3 is 24.0 Å². The maximum absolute atomic E-state index is 13.4. The van der Waals surface area contributed by atoms with Crippen molar-refractivity contribution in [3.05, 3.63) is 35.9 Å². The first-order chi connectivity index (χ1) is 21.8. The van der Waals surface area contributed by atoms with Gasteiger partial charge in [-0.3, -0.25) is 14.4 Å². The maximum atomic E-state index is 13.4. The highest BCUT2D eigenvalue weighted by Gasteiger charge is 2.43. The summed E-state index contributed by atoms with van der Waals surface area (Å²) in [6, 6.07) is 8.62. The summed E-state index contributed by atoms with van der Waals surface area (Å²) in [6.07, 6.45) is -1.48. The summed E-state index contributed by atoms with van der Waals surface area (Å²) in [4.78, 5) is 52.0. The number of ether oxygens (including phenoxy) is 7. The van der Waals surface area contributed by atoms with Gasteiger partial charge in [0.1, 0.15) is 29.5 Å². The standard InChI is InChI=1S/C35H55NO11/c1-33(2,3)45-28(37)16-20-41-24-26-31(43-22-18-30(39)47-35(7,8)9)27(42-21-17-29(38)46-34(4,5)6)15-19-36(26)32(40)44-23-25-13-11-10-12-14-25/h10-14,26-27,31H,15-24H2,1-9H3/t26-,27-,31-/m1/s1. The molecule has 1 saturated heterocycles. The van der Waals surface area contributed by atoms with Gasteiger partial charge in [-0.05, 0) is 74.3 Å². The lowest BCUT2D eigenvalue weighted by Gasteiger charge is -2.44. The Labute approximate surface area is 279 Å². The molecule has 1 aliphatic rings. The van der Waals surface area contributed by atoms with Crippen LogP contribution in [0, 0.1) is 0 Å². The SMILES string of the molecule is CC(C)(C)OC(=O)CCOC[C@@H]1[C@@H](OCCC(=O)OC(C)(C)C)[C@H](OCCC(=O)OC(C)(C)C)CCN1C(=O)OCc1ccccc1. The van der Waals surface area contributed by atoms with Crippen LogP contribution in [0.25, 0.3) is 0 Å². The fraction of sp³-hybridized carbons (Fsp3) is 0.714. The molecule has 0 radical (unpaired) electrons. The Morgan fingerprint density at radius 1 is 0.702 bits per heavy atom. The van der Waals surface area contributed by atoms with Crippen molar-refractivity contribution in [2.45, 2.75) is 130 Å². The van der Waals surface area contributed by atoms with E-state index in [0.29, 0.717) is 6.42 Å². The number of esters is 3. The fourth-order valence-corrected chi connectivity index (χ4v) is 4.74. The van der Waals surface area contributed by atoms with E-state index >= 15 is 0 Å². The third-order valence-electron chi connectivity index (χ3n) is 6.49. The molecular weight excluding hydrogens is 610 g/mol. The number of rotatable bonds is 15. The van der Waals surface area contributed by atoms with Crippen LogP contribution in [0.1, 0.15) is 93.6 Å². The van der Waals surface area contributed by atoms with E-state index in [2.05, 4.69) is 0 Å². The molecule has 0 bridgehead atoms.